The van der Waals surface area contributed by atoms with Gasteiger partial charge in [-0.2, -0.15) is 20.5 Å². The topological polar surface area (TPSA) is 101 Å². The third-order valence-electron chi connectivity index (χ3n) is 4.33. The van der Waals surface area contributed by atoms with Gasteiger partial charge >= 0.3 is 0 Å². The quantitative estimate of drug-likeness (QED) is 0.706. The Morgan fingerprint density at radius 3 is 3.14 bits per heavy atom. The first-order valence-electron chi connectivity index (χ1n) is 7.22. The molecule has 4 rings (SSSR count). The van der Waals surface area contributed by atoms with Crippen LogP contribution in [0.15, 0.2) is 6.20 Å². The number of amides is 1. The van der Waals surface area contributed by atoms with Crippen molar-refractivity contribution in [2.45, 2.75) is 31.8 Å². The molecule has 0 fully saturated rings. The van der Waals surface area contributed by atoms with E-state index in [0.29, 0.717) is 12.2 Å². The van der Waals surface area contributed by atoms with Gasteiger partial charge in [-0.15, -0.1) is 0 Å². The second kappa shape index (κ2) is 4.66. The van der Waals surface area contributed by atoms with E-state index in [1.807, 2.05) is 4.68 Å². The molecule has 1 amide bonds. The SMILES string of the molecule is C[C@@H](c1cn[nH]n1)C1NCCc2nn3c(c21)C(=O)NCC3. The molecular formula is C13H17N7O. The third-order valence-corrected chi connectivity index (χ3v) is 4.33. The van der Waals surface area contributed by atoms with Crippen LogP contribution in [-0.2, 0) is 13.0 Å². The number of H-pyrrole nitrogens is 1. The van der Waals surface area contributed by atoms with E-state index in [1.165, 1.54) is 0 Å². The number of carbonyl (C=O) groups excluding carboxylic acids is 1. The van der Waals surface area contributed by atoms with E-state index in [-0.39, 0.29) is 17.9 Å². The zero-order chi connectivity index (χ0) is 14.4. The van der Waals surface area contributed by atoms with Crippen LogP contribution in [0.3, 0.4) is 0 Å². The van der Waals surface area contributed by atoms with Crippen molar-refractivity contribution in [2.75, 3.05) is 13.1 Å². The van der Waals surface area contributed by atoms with Crippen LogP contribution in [0.1, 0.15) is 46.3 Å². The first kappa shape index (κ1) is 12.5. The van der Waals surface area contributed by atoms with Gasteiger partial charge in [0, 0.05) is 37.0 Å². The van der Waals surface area contributed by atoms with Crippen LogP contribution < -0.4 is 10.6 Å². The van der Waals surface area contributed by atoms with Gasteiger partial charge in [-0.05, 0) is 0 Å². The van der Waals surface area contributed by atoms with E-state index in [1.54, 1.807) is 6.20 Å². The summed E-state index contributed by atoms with van der Waals surface area (Å²) in [5.41, 5.74) is 3.63. The Morgan fingerprint density at radius 1 is 1.43 bits per heavy atom. The highest BCUT2D eigenvalue weighted by Crippen LogP contribution is 2.36. The lowest BCUT2D eigenvalue weighted by atomic mass is 9.87. The van der Waals surface area contributed by atoms with E-state index in [9.17, 15) is 4.79 Å². The number of aromatic amines is 1. The molecule has 0 radical (unpaired) electrons. The highest BCUT2D eigenvalue weighted by Gasteiger charge is 2.36. The summed E-state index contributed by atoms with van der Waals surface area (Å²) in [6, 6.07) is 0.0337. The van der Waals surface area contributed by atoms with Crippen molar-refractivity contribution in [1.29, 1.82) is 0 Å². The minimum Gasteiger partial charge on any atom is -0.349 e. The Hall–Kier alpha value is -2.22. The highest BCUT2D eigenvalue weighted by molar-refractivity contribution is 5.95. The monoisotopic (exact) mass is 287 g/mol. The largest absolute Gasteiger partial charge is 0.349 e. The van der Waals surface area contributed by atoms with Crippen molar-refractivity contribution in [3.63, 3.8) is 0 Å². The number of nitrogens with zero attached hydrogens (tertiary/aromatic N) is 4. The Morgan fingerprint density at radius 2 is 2.33 bits per heavy atom. The highest BCUT2D eigenvalue weighted by atomic mass is 16.2. The molecule has 3 N–H and O–H groups in total. The Labute approximate surface area is 121 Å². The molecule has 0 spiro atoms. The van der Waals surface area contributed by atoms with Gasteiger partial charge in [0.1, 0.15) is 5.69 Å². The fourth-order valence-corrected chi connectivity index (χ4v) is 3.27. The Balaban J connectivity index is 1.80. The number of aromatic nitrogens is 5. The maximum absolute atomic E-state index is 12.2. The third kappa shape index (κ3) is 1.86. The van der Waals surface area contributed by atoms with Gasteiger partial charge in [-0.1, -0.05) is 6.92 Å². The zero-order valence-corrected chi connectivity index (χ0v) is 11.8. The number of hydrogen-bond donors (Lipinski definition) is 3. The molecular weight excluding hydrogens is 270 g/mol. The normalized spacial score (nSPS) is 22.3. The summed E-state index contributed by atoms with van der Waals surface area (Å²) in [7, 11) is 0. The molecule has 8 heteroatoms. The molecule has 4 heterocycles. The predicted octanol–water partition coefficient (Wildman–Crippen LogP) is -0.265. The number of hydrogen-bond acceptors (Lipinski definition) is 5. The van der Waals surface area contributed by atoms with Crippen LogP contribution >= 0.6 is 0 Å². The van der Waals surface area contributed by atoms with Crippen LogP contribution in [0.4, 0.5) is 0 Å². The van der Waals surface area contributed by atoms with Crippen LogP contribution in [0.2, 0.25) is 0 Å². The summed E-state index contributed by atoms with van der Waals surface area (Å²) in [4.78, 5) is 12.2. The molecule has 21 heavy (non-hydrogen) atoms. The van der Waals surface area contributed by atoms with Crippen LogP contribution in [0, 0.1) is 0 Å². The molecule has 2 aliphatic rings. The first-order valence-corrected chi connectivity index (χ1v) is 7.22. The Bertz CT molecular complexity index is 675. The minimum atomic E-state index is -0.0314. The average molecular weight is 287 g/mol. The fourth-order valence-electron chi connectivity index (χ4n) is 3.27. The summed E-state index contributed by atoms with van der Waals surface area (Å²) in [6.07, 6.45) is 2.58. The first-order chi connectivity index (χ1) is 10.3. The molecule has 0 aromatic carbocycles. The Kier molecular flexibility index (Phi) is 2.78. The van der Waals surface area contributed by atoms with Gasteiger partial charge in [0.15, 0.2) is 0 Å². The standard InChI is InChI=1S/C13H17N7O/c1-7(9-6-16-19-17-9)11-10-8(2-3-14-11)18-20-5-4-15-13(21)12(10)20/h6-7,11,14H,2-5H2,1H3,(H,15,21)(H,16,17,19)/t7-,11?/m0/s1. The van der Waals surface area contributed by atoms with Gasteiger partial charge in [0.2, 0.25) is 0 Å². The van der Waals surface area contributed by atoms with E-state index < -0.39 is 0 Å². The van der Waals surface area contributed by atoms with Crippen LogP contribution in [-0.4, -0.2) is 44.2 Å². The maximum atomic E-state index is 12.2. The number of nitrogens with one attached hydrogen (secondary N) is 3. The molecule has 2 aromatic heterocycles. The van der Waals surface area contributed by atoms with Crippen molar-refractivity contribution in [3.8, 4) is 0 Å². The summed E-state index contributed by atoms with van der Waals surface area (Å²) in [5.74, 6) is 0.0856. The molecule has 0 bridgehead atoms. The second-order valence-corrected chi connectivity index (χ2v) is 5.55. The number of rotatable bonds is 2. The second-order valence-electron chi connectivity index (χ2n) is 5.55. The molecule has 8 nitrogen and oxygen atoms in total. The van der Waals surface area contributed by atoms with E-state index in [0.717, 1.165) is 36.5 Å². The lowest BCUT2D eigenvalue weighted by Gasteiger charge is -2.29. The van der Waals surface area contributed by atoms with E-state index >= 15 is 0 Å². The molecule has 0 saturated heterocycles. The lowest BCUT2D eigenvalue weighted by molar-refractivity contribution is 0.0922. The summed E-state index contributed by atoms with van der Waals surface area (Å²) < 4.78 is 1.85. The smallest absolute Gasteiger partial charge is 0.269 e. The molecule has 1 unspecified atom stereocenters. The van der Waals surface area contributed by atoms with Crippen molar-refractivity contribution in [1.82, 2.24) is 35.8 Å². The molecule has 2 atom stereocenters. The summed E-state index contributed by atoms with van der Waals surface area (Å²) >= 11 is 0. The van der Waals surface area contributed by atoms with E-state index in [4.69, 9.17) is 0 Å². The molecule has 110 valence electrons. The minimum absolute atomic E-state index is 0.0314. The van der Waals surface area contributed by atoms with Gasteiger partial charge < -0.3 is 10.6 Å². The maximum Gasteiger partial charge on any atom is 0.269 e. The van der Waals surface area contributed by atoms with Gasteiger partial charge in [0.05, 0.1) is 24.1 Å². The number of carbonyl (C=O) groups is 1. The summed E-state index contributed by atoms with van der Waals surface area (Å²) in [5, 5.41) is 21.7. The average Bonchev–Trinajstić information content (AvgIpc) is 3.13. The zero-order valence-electron chi connectivity index (χ0n) is 11.8. The van der Waals surface area contributed by atoms with Crippen molar-refractivity contribution < 1.29 is 4.79 Å². The van der Waals surface area contributed by atoms with Gasteiger partial charge in [0.25, 0.3) is 5.91 Å². The van der Waals surface area contributed by atoms with Gasteiger partial charge in [-0.3, -0.25) is 9.48 Å². The lowest BCUT2D eigenvalue weighted by Crippen LogP contribution is -2.38. The molecule has 2 aromatic rings. The van der Waals surface area contributed by atoms with Crippen molar-refractivity contribution in [3.05, 3.63) is 28.8 Å². The van der Waals surface area contributed by atoms with Crippen molar-refractivity contribution in [2.24, 2.45) is 0 Å². The molecule has 2 aliphatic heterocycles. The summed E-state index contributed by atoms with van der Waals surface area (Å²) in [6.45, 7) is 4.33. The van der Waals surface area contributed by atoms with Crippen LogP contribution in [0.25, 0.3) is 0 Å². The van der Waals surface area contributed by atoms with Crippen LogP contribution in [0.5, 0.6) is 0 Å². The fraction of sp³-hybridized carbons (Fsp3) is 0.538. The molecule has 0 aliphatic carbocycles. The van der Waals surface area contributed by atoms with E-state index in [2.05, 4.69) is 38.1 Å². The van der Waals surface area contributed by atoms with Crippen molar-refractivity contribution >= 4 is 5.91 Å². The van der Waals surface area contributed by atoms with Gasteiger partial charge in [-0.25, -0.2) is 0 Å². The molecule has 0 saturated carbocycles. The predicted molar refractivity (Wildman–Crippen MR) is 73.8 cm³/mol. The number of fused-ring (bicyclic) bond motifs is 3.